The quantitative estimate of drug-likeness (QED) is 0.748. The van der Waals surface area contributed by atoms with Gasteiger partial charge in [0.15, 0.2) is 0 Å². The van der Waals surface area contributed by atoms with E-state index in [9.17, 15) is 23.2 Å². The second kappa shape index (κ2) is 7.51. The van der Waals surface area contributed by atoms with Gasteiger partial charge in [0.1, 0.15) is 29.4 Å². The number of benzene rings is 2. The molecule has 2 aromatic carbocycles. The summed E-state index contributed by atoms with van der Waals surface area (Å²) in [6, 6.07) is 9.68. The van der Waals surface area contributed by atoms with Crippen LogP contribution in [0.2, 0.25) is 0 Å². The average Bonchev–Trinajstić information content (AvgIpc) is 2.88. The molecular formula is C22H23F2N3O3. The van der Waals surface area contributed by atoms with Crippen LogP contribution < -0.4 is 10.6 Å². The van der Waals surface area contributed by atoms with E-state index < -0.39 is 47.3 Å². The van der Waals surface area contributed by atoms with Crippen LogP contribution in [-0.2, 0) is 20.5 Å². The molecule has 1 fully saturated rings. The van der Waals surface area contributed by atoms with Crippen LogP contribution in [0.5, 0.6) is 0 Å². The molecular weight excluding hydrogens is 392 g/mol. The molecule has 158 valence electrons. The van der Waals surface area contributed by atoms with Gasteiger partial charge in [-0.2, -0.15) is 0 Å². The first kappa shape index (κ1) is 21.4. The van der Waals surface area contributed by atoms with E-state index in [1.54, 1.807) is 19.1 Å². The third-order valence-corrected chi connectivity index (χ3v) is 5.13. The maximum atomic E-state index is 13.7. The van der Waals surface area contributed by atoms with Crippen molar-refractivity contribution in [2.75, 3.05) is 11.9 Å². The molecule has 0 aliphatic carbocycles. The van der Waals surface area contributed by atoms with Gasteiger partial charge in [0.25, 0.3) is 5.91 Å². The molecule has 0 saturated carbocycles. The van der Waals surface area contributed by atoms with Gasteiger partial charge in [0.05, 0.1) is 0 Å². The molecule has 0 aromatic heterocycles. The minimum atomic E-state index is -1.35. The lowest BCUT2D eigenvalue weighted by molar-refractivity contribution is -0.133. The van der Waals surface area contributed by atoms with Crippen LogP contribution in [0.15, 0.2) is 42.5 Å². The van der Waals surface area contributed by atoms with Crippen LogP contribution in [0.3, 0.4) is 0 Å². The van der Waals surface area contributed by atoms with Gasteiger partial charge in [-0.25, -0.2) is 13.6 Å². The molecule has 0 bridgehead atoms. The van der Waals surface area contributed by atoms with E-state index in [2.05, 4.69) is 31.4 Å². The molecule has 30 heavy (non-hydrogen) atoms. The molecule has 1 aliphatic rings. The standard InChI is InChI=1S/C22H23F2N3O3/c1-21(2,3)13-8-10-14(11-9-13)22(4)19(29)27(20(30)26-22)12-17(28)25-18-15(23)6-5-7-16(18)24/h5-11H,12H2,1-4H3,(H,25,28)(H,26,30). The fraction of sp³-hybridized carbons (Fsp3) is 0.318. The number of imide groups is 1. The Balaban J connectivity index is 1.78. The van der Waals surface area contributed by atoms with Crippen LogP contribution in [0.1, 0.15) is 38.8 Å². The summed E-state index contributed by atoms with van der Waals surface area (Å²) < 4.78 is 27.4. The number of nitrogens with one attached hydrogen (secondary N) is 2. The summed E-state index contributed by atoms with van der Waals surface area (Å²) in [4.78, 5) is 38.3. The summed E-state index contributed by atoms with van der Waals surface area (Å²) in [5, 5.41) is 4.68. The number of hydrogen-bond acceptors (Lipinski definition) is 3. The van der Waals surface area contributed by atoms with Crippen LogP contribution in [0.4, 0.5) is 19.3 Å². The lowest BCUT2D eigenvalue weighted by atomic mass is 9.84. The summed E-state index contributed by atoms with van der Waals surface area (Å²) in [5.41, 5.74) is -0.423. The first-order valence-corrected chi connectivity index (χ1v) is 9.42. The molecule has 8 heteroatoms. The molecule has 6 nitrogen and oxygen atoms in total. The lowest BCUT2D eigenvalue weighted by Crippen LogP contribution is -2.42. The van der Waals surface area contributed by atoms with Crippen LogP contribution in [0, 0.1) is 11.6 Å². The zero-order chi connectivity index (χ0) is 22.3. The van der Waals surface area contributed by atoms with Crippen LogP contribution in [0.25, 0.3) is 0 Å². The zero-order valence-corrected chi connectivity index (χ0v) is 17.2. The highest BCUT2D eigenvalue weighted by Gasteiger charge is 2.49. The number of hydrogen-bond donors (Lipinski definition) is 2. The number of anilines is 1. The van der Waals surface area contributed by atoms with Crippen molar-refractivity contribution in [2.24, 2.45) is 0 Å². The normalized spacial score (nSPS) is 19.1. The molecule has 0 radical (unpaired) electrons. The Morgan fingerprint density at radius 3 is 2.17 bits per heavy atom. The van der Waals surface area contributed by atoms with Gasteiger partial charge >= 0.3 is 6.03 Å². The SMILES string of the molecule is CC(C)(C)c1ccc(C2(C)NC(=O)N(CC(=O)Nc3c(F)cccc3F)C2=O)cc1. The van der Waals surface area contributed by atoms with E-state index >= 15 is 0 Å². The fourth-order valence-corrected chi connectivity index (χ4v) is 3.28. The second-order valence-corrected chi connectivity index (χ2v) is 8.42. The van der Waals surface area contributed by atoms with E-state index in [4.69, 9.17) is 0 Å². The smallest absolute Gasteiger partial charge is 0.320 e. The van der Waals surface area contributed by atoms with E-state index in [1.165, 1.54) is 0 Å². The Morgan fingerprint density at radius 2 is 1.63 bits per heavy atom. The summed E-state index contributed by atoms with van der Waals surface area (Å²) in [6.07, 6.45) is 0. The Morgan fingerprint density at radius 1 is 1.07 bits per heavy atom. The number of rotatable bonds is 4. The molecule has 2 N–H and O–H groups in total. The first-order chi connectivity index (χ1) is 13.9. The molecule has 1 atom stereocenters. The number of amides is 4. The lowest BCUT2D eigenvalue weighted by Gasteiger charge is -2.24. The number of urea groups is 1. The first-order valence-electron chi connectivity index (χ1n) is 9.42. The topological polar surface area (TPSA) is 78.5 Å². The Bertz CT molecular complexity index is 995. The number of carbonyl (C=O) groups excluding carboxylic acids is 3. The molecule has 2 aromatic rings. The Labute approximate surface area is 173 Å². The van der Waals surface area contributed by atoms with E-state index in [0.717, 1.165) is 28.7 Å². The van der Waals surface area contributed by atoms with Gasteiger partial charge in [0.2, 0.25) is 5.91 Å². The minimum Gasteiger partial charge on any atom is -0.320 e. The summed E-state index contributed by atoms with van der Waals surface area (Å²) in [6.45, 7) is 7.06. The third-order valence-electron chi connectivity index (χ3n) is 5.13. The van der Waals surface area contributed by atoms with Gasteiger partial charge in [-0.3, -0.25) is 14.5 Å². The summed E-state index contributed by atoms with van der Waals surface area (Å²) in [7, 11) is 0. The molecule has 1 unspecified atom stereocenters. The predicted molar refractivity (Wildman–Crippen MR) is 108 cm³/mol. The van der Waals surface area contributed by atoms with Crippen LogP contribution >= 0.6 is 0 Å². The van der Waals surface area contributed by atoms with Crippen molar-refractivity contribution in [3.05, 3.63) is 65.2 Å². The highest BCUT2D eigenvalue weighted by molar-refractivity contribution is 6.10. The number of para-hydroxylation sites is 1. The van der Waals surface area contributed by atoms with E-state index in [1.807, 2.05) is 12.1 Å². The largest absolute Gasteiger partial charge is 0.325 e. The predicted octanol–water partition coefficient (Wildman–Crippen LogP) is 3.67. The summed E-state index contributed by atoms with van der Waals surface area (Å²) >= 11 is 0. The van der Waals surface area contributed by atoms with Crippen molar-refractivity contribution in [1.29, 1.82) is 0 Å². The molecule has 0 spiro atoms. The Hall–Kier alpha value is -3.29. The Kier molecular flexibility index (Phi) is 5.36. The highest BCUT2D eigenvalue weighted by atomic mass is 19.1. The summed E-state index contributed by atoms with van der Waals surface area (Å²) in [5.74, 6) is -3.43. The van der Waals surface area contributed by atoms with Gasteiger partial charge in [0, 0.05) is 0 Å². The third kappa shape index (κ3) is 3.90. The van der Waals surface area contributed by atoms with Crippen molar-refractivity contribution < 1.29 is 23.2 Å². The molecule has 3 rings (SSSR count). The van der Waals surface area contributed by atoms with Crippen molar-refractivity contribution >= 4 is 23.5 Å². The maximum absolute atomic E-state index is 13.7. The fourth-order valence-electron chi connectivity index (χ4n) is 3.28. The maximum Gasteiger partial charge on any atom is 0.325 e. The van der Waals surface area contributed by atoms with Gasteiger partial charge in [-0.1, -0.05) is 51.1 Å². The van der Waals surface area contributed by atoms with Gasteiger partial charge in [-0.15, -0.1) is 0 Å². The van der Waals surface area contributed by atoms with Gasteiger partial charge < -0.3 is 10.6 Å². The minimum absolute atomic E-state index is 0.0749. The van der Waals surface area contributed by atoms with E-state index in [0.29, 0.717) is 5.56 Å². The molecule has 1 aliphatic heterocycles. The molecule has 4 amide bonds. The van der Waals surface area contributed by atoms with Gasteiger partial charge in [-0.05, 0) is 35.6 Å². The monoisotopic (exact) mass is 415 g/mol. The number of halogens is 2. The van der Waals surface area contributed by atoms with Crippen molar-refractivity contribution in [2.45, 2.75) is 38.6 Å². The molecule has 1 saturated heterocycles. The average molecular weight is 415 g/mol. The second-order valence-electron chi connectivity index (χ2n) is 8.42. The van der Waals surface area contributed by atoms with Crippen molar-refractivity contribution in [1.82, 2.24) is 10.2 Å². The zero-order valence-electron chi connectivity index (χ0n) is 17.2. The van der Waals surface area contributed by atoms with Crippen LogP contribution in [-0.4, -0.2) is 29.3 Å². The molecule has 1 heterocycles. The van der Waals surface area contributed by atoms with E-state index in [-0.39, 0.29) is 5.41 Å². The van der Waals surface area contributed by atoms with Crippen molar-refractivity contribution in [3.8, 4) is 0 Å². The number of nitrogens with zero attached hydrogens (tertiary/aromatic N) is 1. The number of carbonyl (C=O) groups is 3. The van der Waals surface area contributed by atoms with Crippen molar-refractivity contribution in [3.63, 3.8) is 0 Å². The highest BCUT2D eigenvalue weighted by Crippen LogP contribution is 2.31.